The van der Waals surface area contributed by atoms with Crippen LogP contribution in [0.25, 0.3) is 10.1 Å². The highest BCUT2D eigenvalue weighted by Gasteiger charge is 2.21. The number of benzene rings is 1. The molecule has 1 aromatic heterocycles. The zero-order valence-corrected chi connectivity index (χ0v) is 8.51. The van der Waals surface area contributed by atoms with Crippen LogP contribution in [-0.4, -0.2) is 10.0 Å². The molecule has 4 nitrogen and oxygen atoms in total. The van der Waals surface area contributed by atoms with Crippen molar-refractivity contribution in [3.63, 3.8) is 0 Å². The predicted octanol–water partition coefficient (Wildman–Crippen LogP) is 2.80. The number of phenols is 1. The summed E-state index contributed by atoms with van der Waals surface area (Å²) in [6.45, 7) is 0. The van der Waals surface area contributed by atoms with E-state index < -0.39 is 4.92 Å². The average molecular weight is 227 g/mol. The zero-order valence-electron chi connectivity index (χ0n) is 6.80. The van der Waals surface area contributed by atoms with Crippen molar-refractivity contribution in [2.75, 3.05) is 0 Å². The topological polar surface area (TPSA) is 63.4 Å². The number of thiol groups is 1. The van der Waals surface area contributed by atoms with Crippen LogP contribution in [0.4, 0.5) is 5.69 Å². The molecular weight excluding hydrogens is 222 g/mol. The molecule has 2 aromatic rings. The highest BCUT2D eigenvalue weighted by atomic mass is 32.1. The number of rotatable bonds is 1. The van der Waals surface area contributed by atoms with Crippen molar-refractivity contribution in [3.8, 4) is 5.75 Å². The summed E-state index contributed by atoms with van der Waals surface area (Å²) in [5, 5.41) is 22.5. The van der Waals surface area contributed by atoms with Gasteiger partial charge in [-0.15, -0.1) is 24.0 Å². The normalized spacial score (nSPS) is 10.6. The van der Waals surface area contributed by atoms with Gasteiger partial charge in [0.25, 0.3) is 0 Å². The highest BCUT2D eigenvalue weighted by Crippen LogP contribution is 2.41. The van der Waals surface area contributed by atoms with Gasteiger partial charge in [0.05, 0.1) is 9.82 Å². The van der Waals surface area contributed by atoms with Gasteiger partial charge in [-0.05, 0) is 17.5 Å². The molecule has 0 aliphatic carbocycles. The minimum atomic E-state index is -0.630. The van der Waals surface area contributed by atoms with E-state index in [-0.39, 0.29) is 16.3 Å². The summed E-state index contributed by atoms with van der Waals surface area (Å²) in [4.78, 5) is 10.2. The van der Waals surface area contributed by atoms with Gasteiger partial charge in [0.2, 0.25) is 5.75 Å². The molecular formula is C8H5NO3S2. The summed E-state index contributed by atoms with van der Waals surface area (Å²) in [7, 11) is 0. The molecule has 0 radical (unpaired) electrons. The second kappa shape index (κ2) is 3.14. The molecule has 0 fully saturated rings. The van der Waals surface area contributed by atoms with E-state index in [2.05, 4.69) is 12.6 Å². The molecule has 0 amide bonds. The first-order valence-corrected chi connectivity index (χ1v) is 5.00. The molecule has 0 saturated heterocycles. The van der Waals surface area contributed by atoms with Gasteiger partial charge in [0.15, 0.2) is 0 Å². The zero-order chi connectivity index (χ0) is 10.3. The van der Waals surface area contributed by atoms with Gasteiger partial charge >= 0.3 is 5.69 Å². The average Bonchev–Trinajstić information content (AvgIpc) is 2.50. The Morgan fingerprint density at radius 3 is 2.93 bits per heavy atom. The number of aromatic hydroxyl groups is 1. The Balaban J connectivity index is 2.89. The van der Waals surface area contributed by atoms with E-state index in [4.69, 9.17) is 0 Å². The molecule has 14 heavy (non-hydrogen) atoms. The predicted molar refractivity (Wildman–Crippen MR) is 57.4 cm³/mol. The van der Waals surface area contributed by atoms with E-state index in [0.29, 0.717) is 5.39 Å². The lowest BCUT2D eigenvalue weighted by Crippen LogP contribution is -1.90. The Bertz CT molecular complexity index is 521. The van der Waals surface area contributed by atoms with Crippen LogP contribution >= 0.6 is 24.0 Å². The van der Waals surface area contributed by atoms with Gasteiger partial charge in [-0.25, -0.2) is 0 Å². The number of hydrogen-bond acceptors (Lipinski definition) is 5. The van der Waals surface area contributed by atoms with Crippen molar-refractivity contribution in [1.29, 1.82) is 0 Å². The molecule has 0 saturated carbocycles. The van der Waals surface area contributed by atoms with Crippen LogP contribution in [0.1, 0.15) is 0 Å². The lowest BCUT2D eigenvalue weighted by atomic mass is 10.2. The maximum atomic E-state index is 10.6. The maximum Gasteiger partial charge on any atom is 0.324 e. The first-order valence-electron chi connectivity index (χ1n) is 3.68. The van der Waals surface area contributed by atoms with Crippen LogP contribution < -0.4 is 0 Å². The third-order valence-electron chi connectivity index (χ3n) is 1.87. The largest absolute Gasteiger partial charge is 0.502 e. The van der Waals surface area contributed by atoms with Crippen molar-refractivity contribution < 1.29 is 10.0 Å². The molecule has 0 bridgehead atoms. The summed E-state index contributed by atoms with van der Waals surface area (Å²) < 4.78 is 0.790. The Kier molecular flexibility index (Phi) is 2.09. The van der Waals surface area contributed by atoms with Crippen LogP contribution in [-0.2, 0) is 0 Å². The van der Waals surface area contributed by atoms with Crippen molar-refractivity contribution in [2.45, 2.75) is 4.90 Å². The van der Waals surface area contributed by atoms with Crippen LogP contribution in [0.15, 0.2) is 22.4 Å². The highest BCUT2D eigenvalue weighted by molar-refractivity contribution is 7.80. The summed E-state index contributed by atoms with van der Waals surface area (Å²) in [6, 6.07) is 3.23. The second-order valence-electron chi connectivity index (χ2n) is 2.68. The maximum absolute atomic E-state index is 10.6. The summed E-state index contributed by atoms with van der Waals surface area (Å²) >= 11 is 5.37. The lowest BCUT2D eigenvalue weighted by Gasteiger charge is -2.00. The number of nitro groups is 1. The van der Waals surface area contributed by atoms with Crippen molar-refractivity contribution >= 4 is 39.7 Å². The van der Waals surface area contributed by atoms with Crippen molar-refractivity contribution in [3.05, 3.63) is 27.6 Å². The summed E-state index contributed by atoms with van der Waals surface area (Å²) in [5.41, 5.74) is -0.334. The third kappa shape index (κ3) is 1.23. The second-order valence-corrected chi connectivity index (χ2v) is 4.11. The number of fused-ring (bicyclic) bond motifs is 1. The molecule has 2 rings (SSSR count). The minimum Gasteiger partial charge on any atom is -0.502 e. The minimum absolute atomic E-state index is 0.183. The molecule has 1 heterocycles. The first-order chi connectivity index (χ1) is 6.61. The van der Waals surface area contributed by atoms with E-state index in [1.807, 2.05) is 0 Å². The molecule has 0 spiro atoms. The third-order valence-corrected chi connectivity index (χ3v) is 3.07. The van der Waals surface area contributed by atoms with Crippen LogP contribution in [0, 0.1) is 10.1 Å². The number of nitrogens with zero attached hydrogens (tertiary/aromatic N) is 1. The first kappa shape index (κ1) is 9.29. The molecule has 0 unspecified atom stereocenters. The smallest absolute Gasteiger partial charge is 0.324 e. The summed E-state index contributed by atoms with van der Waals surface area (Å²) in [6.07, 6.45) is 0. The Morgan fingerprint density at radius 1 is 1.57 bits per heavy atom. The Morgan fingerprint density at radius 2 is 2.29 bits per heavy atom. The van der Waals surface area contributed by atoms with E-state index in [9.17, 15) is 15.2 Å². The van der Waals surface area contributed by atoms with Gasteiger partial charge in [0.1, 0.15) is 0 Å². The molecule has 6 heteroatoms. The fourth-order valence-electron chi connectivity index (χ4n) is 1.25. The van der Waals surface area contributed by atoms with Gasteiger partial charge < -0.3 is 5.11 Å². The molecule has 0 aliphatic heterocycles. The van der Waals surface area contributed by atoms with E-state index in [0.717, 1.165) is 4.70 Å². The molecule has 0 atom stereocenters. The molecule has 1 N–H and O–H groups in total. The van der Waals surface area contributed by atoms with E-state index in [1.165, 1.54) is 11.3 Å². The lowest BCUT2D eigenvalue weighted by molar-refractivity contribution is -0.388. The number of hydrogen-bond donors (Lipinski definition) is 2. The number of nitro benzene ring substituents is 1. The SMILES string of the molecule is O=[N+]([O-])c1c(S)cc2sccc2c1O. The van der Waals surface area contributed by atoms with Gasteiger partial charge in [-0.2, -0.15) is 0 Å². The Labute approximate surface area is 88.4 Å². The van der Waals surface area contributed by atoms with Crippen LogP contribution in [0.5, 0.6) is 5.75 Å². The van der Waals surface area contributed by atoms with Crippen molar-refractivity contribution in [2.24, 2.45) is 0 Å². The Hall–Kier alpha value is -1.27. The van der Waals surface area contributed by atoms with E-state index >= 15 is 0 Å². The number of thiophene rings is 1. The van der Waals surface area contributed by atoms with Crippen LogP contribution in [0.2, 0.25) is 0 Å². The van der Waals surface area contributed by atoms with Gasteiger partial charge in [-0.1, -0.05) is 0 Å². The standard InChI is InChI=1S/C8H5NO3S2/c10-8-4-1-2-14-6(4)3-5(13)7(8)9(11)12/h1-3,10,13H. The van der Waals surface area contributed by atoms with Gasteiger partial charge in [0, 0.05) is 10.1 Å². The van der Waals surface area contributed by atoms with Gasteiger partial charge in [-0.3, -0.25) is 10.1 Å². The summed E-state index contributed by atoms with van der Waals surface area (Å²) in [5.74, 6) is -0.307. The molecule has 1 aromatic carbocycles. The molecule has 0 aliphatic rings. The monoisotopic (exact) mass is 227 g/mol. The van der Waals surface area contributed by atoms with E-state index in [1.54, 1.807) is 17.5 Å². The molecule has 72 valence electrons. The fourth-order valence-corrected chi connectivity index (χ4v) is 2.48. The number of phenolic OH excluding ortho intramolecular Hbond substituents is 1. The quantitative estimate of drug-likeness (QED) is 0.447. The van der Waals surface area contributed by atoms with Crippen molar-refractivity contribution in [1.82, 2.24) is 0 Å². The fraction of sp³-hybridized carbons (Fsp3) is 0. The van der Waals surface area contributed by atoms with Crippen LogP contribution in [0.3, 0.4) is 0 Å².